The Labute approximate surface area is 69.7 Å². The number of carbonyl (C=O) groups is 1. The number of ether oxygens (including phenoxy) is 1. The first-order valence-electron chi connectivity index (χ1n) is 3.01. The normalized spacial score (nSPS) is 15.4. The number of allylic oxidation sites excluding steroid dienone is 2. The Kier molecular flexibility index (Phi) is 2.38. The van der Waals surface area contributed by atoms with Crippen molar-refractivity contribution in [2.45, 2.75) is 6.92 Å². The van der Waals surface area contributed by atoms with E-state index in [4.69, 9.17) is 12.2 Å². The van der Waals surface area contributed by atoms with Crippen molar-refractivity contribution in [3.8, 4) is 0 Å². The molecule has 0 atom stereocenters. The molecule has 0 saturated heterocycles. The predicted molar refractivity (Wildman–Crippen MR) is 43.7 cm³/mol. The molecule has 11 heavy (non-hydrogen) atoms. The van der Waals surface area contributed by atoms with Crippen molar-refractivity contribution in [3.05, 3.63) is 24.1 Å². The smallest absolute Gasteiger partial charge is 0.309 e. The number of carbonyl (C=O) groups excluding carboxylic acids is 1. The summed E-state index contributed by atoms with van der Waals surface area (Å²) in [6.07, 6.45) is 4.92. The molecule has 0 aromatic heterocycles. The zero-order chi connectivity index (χ0) is 8.27. The molecule has 0 bridgehead atoms. The second-order valence-electron chi connectivity index (χ2n) is 1.91. The lowest BCUT2D eigenvalue weighted by molar-refractivity contribution is -0.137. The van der Waals surface area contributed by atoms with Gasteiger partial charge in [-0.3, -0.25) is 4.79 Å². The average molecular weight is 168 g/mol. The summed E-state index contributed by atoms with van der Waals surface area (Å²) in [6, 6.07) is 0. The van der Waals surface area contributed by atoms with E-state index in [1.165, 1.54) is 6.92 Å². The van der Waals surface area contributed by atoms with E-state index in [1.807, 2.05) is 0 Å². The lowest BCUT2D eigenvalue weighted by Crippen LogP contribution is -2.16. The van der Waals surface area contributed by atoms with Crippen molar-refractivity contribution in [2.24, 2.45) is 0 Å². The second-order valence-corrected chi connectivity index (χ2v) is 2.33. The van der Waals surface area contributed by atoms with Gasteiger partial charge in [-0.15, -0.1) is 0 Å². The maximum Gasteiger partial charge on any atom is 0.309 e. The molecule has 0 N–H and O–H groups in total. The summed E-state index contributed by atoms with van der Waals surface area (Å²) in [5.41, 5.74) is 0. The maximum atomic E-state index is 10.4. The summed E-state index contributed by atoms with van der Waals surface area (Å²) in [5, 5.41) is 3.79. The minimum absolute atomic E-state index is 0.255. The summed E-state index contributed by atoms with van der Waals surface area (Å²) < 4.78 is 4.68. The molecule has 1 aliphatic rings. The molecule has 1 rings (SSSR count). The Balaban J connectivity index is 2.59. The predicted octanol–water partition coefficient (Wildman–Crippen LogP) is 0.892. The van der Waals surface area contributed by atoms with Gasteiger partial charge in [0.1, 0.15) is 4.99 Å². The van der Waals surface area contributed by atoms with Gasteiger partial charge in [-0.1, -0.05) is 18.3 Å². The Morgan fingerprint density at radius 2 is 2.45 bits per heavy atom. The molecule has 0 aromatic rings. The first-order valence-corrected chi connectivity index (χ1v) is 3.42. The fraction of sp³-hybridized carbons (Fsp3) is 0.143. The summed E-state index contributed by atoms with van der Waals surface area (Å²) in [6.45, 7) is 1.32. The highest BCUT2D eigenvalue weighted by Crippen LogP contribution is 2.02. The lowest BCUT2D eigenvalue weighted by atomic mass is 10.4. The van der Waals surface area contributed by atoms with Crippen molar-refractivity contribution in [1.29, 1.82) is 0 Å². The number of esters is 1. The van der Waals surface area contributed by atoms with Gasteiger partial charge >= 0.3 is 5.97 Å². The monoisotopic (exact) mass is 168 g/mol. The van der Waals surface area contributed by atoms with Crippen LogP contribution in [-0.4, -0.2) is 11.0 Å². The summed E-state index contributed by atoms with van der Waals surface area (Å²) >= 11 is 4.75. The van der Waals surface area contributed by atoms with Gasteiger partial charge in [0.2, 0.25) is 5.88 Å². The first kappa shape index (κ1) is 7.94. The molecule has 0 spiro atoms. The van der Waals surface area contributed by atoms with Crippen molar-refractivity contribution >= 4 is 23.2 Å². The van der Waals surface area contributed by atoms with Crippen LogP contribution in [0.25, 0.3) is 0 Å². The highest BCUT2D eigenvalue weighted by atomic mass is 32.1. The largest absolute Gasteiger partial charge is 0.408 e. The van der Waals surface area contributed by atoms with E-state index >= 15 is 0 Å². The maximum absolute atomic E-state index is 10.4. The molecule has 57 valence electrons. The topological polar surface area (TPSA) is 40.4 Å². The molecule has 3 nitrogen and oxygen atoms in total. The molecule has 0 aromatic carbocycles. The quantitative estimate of drug-likeness (QED) is 0.431. The van der Waals surface area contributed by atoms with Gasteiger partial charge < -0.3 is 4.74 Å². The van der Waals surface area contributed by atoms with E-state index < -0.39 is 5.97 Å². The molecule has 0 amide bonds. The zero-order valence-electron chi connectivity index (χ0n) is 5.90. The fourth-order valence-electron chi connectivity index (χ4n) is 0.600. The van der Waals surface area contributed by atoms with E-state index in [0.29, 0.717) is 4.99 Å². The van der Waals surface area contributed by atoms with Gasteiger partial charge in [0, 0.05) is 13.0 Å². The fourth-order valence-corrected chi connectivity index (χ4v) is 0.769. The van der Waals surface area contributed by atoms with E-state index in [9.17, 15) is 4.79 Å². The Bertz CT molecular complexity index is 255. The molecule has 4 heteroatoms. The van der Waals surface area contributed by atoms with Gasteiger partial charge in [0.15, 0.2) is 0 Å². The van der Waals surface area contributed by atoms with Crippen LogP contribution in [0.4, 0.5) is 0 Å². The molecule has 0 saturated carbocycles. The third kappa shape index (κ3) is 2.51. The van der Waals surface area contributed by atoms with Crippen molar-refractivity contribution in [2.75, 3.05) is 0 Å². The molecular weight excluding hydrogens is 162 g/mol. The highest BCUT2D eigenvalue weighted by molar-refractivity contribution is 7.80. The Morgan fingerprint density at radius 3 is 3.00 bits per heavy atom. The van der Waals surface area contributed by atoms with Gasteiger partial charge in [0.25, 0.3) is 0 Å². The summed E-state index contributed by atoms with van der Waals surface area (Å²) in [7, 11) is 0. The van der Waals surface area contributed by atoms with Crippen molar-refractivity contribution < 1.29 is 9.53 Å². The van der Waals surface area contributed by atoms with E-state index in [-0.39, 0.29) is 5.88 Å². The van der Waals surface area contributed by atoms with Crippen molar-refractivity contribution in [1.82, 2.24) is 5.32 Å². The van der Waals surface area contributed by atoms with Crippen LogP contribution in [0.1, 0.15) is 6.92 Å². The number of hydrogen-bond donors (Lipinski definition) is 0. The van der Waals surface area contributed by atoms with Crippen LogP contribution in [0.15, 0.2) is 24.1 Å². The lowest BCUT2D eigenvalue weighted by Gasteiger charge is -2.07. The van der Waals surface area contributed by atoms with E-state index in [0.717, 1.165) is 0 Å². The minimum Gasteiger partial charge on any atom is -0.408 e. The van der Waals surface area contributed by atoms with Gasteiger partial charge in [-0.25, -0.2) is 5.32 Å². The molecular formula is C7H6NO2S. The van der Waals surface area contributed by atoms with Crippen LogP contribution in [0.3, 0.4) is 0 Å². The molecule has 1 heterocycles. The van der Waals surface area contributed by atoms with Gasteiger partial charge in [-0.2, -0.15) is 0 Å². The summed E-state index contributed by atoms with van der Waals surface area (Å²) in [5.74, 6) is -0.136. The molecule has 1 radical (unpaired) electrons. The van der Waals surface area contributed by atoms with Crippen LogP contribution < -0.4 is 5.32 Å². The van der Waals surface area contributed by atoms with E-state index in [2.05, 4.69) is 10.1 Å². The Morgan fingerprint density at radius 1 is 1.73 bits per heavy atom. The molecule has 0 unspecified atom stereocenters. The van der Waals surface area contributed by atoms with Crippen LogP contribution in [0.5, 0.6) is 0 Å². The molecule has 0 aliphatic carbocycles. The van der Waals surface area contributed by atoms with Crippen molar-refractivity contribution in [3.63, 3.8) is 0 Å². The highest BCUT2D eigenvalue weighted by Gasteiger charge is 2.07. The standard InChI is InChI=1S/C7H6NO2S/c1-5(9)10-6-3-2-4-7(11)8-6/h2-4H,1H3. The Hall–Kier alpha value is -1.16. The van der Waals surface area contributed by atoms with Crippen LogP contribution in [-0.2, 0) is 9.53 Å². The molecule has 0 fully saturated rings. The number of nitrogens with zero attached hydrogens (tertiary/aromatic N) is 1. The van der Waals surface area contributed by atoms with Crippen LogP contribution in [0.2, 0.25) is 0 Å². The number of hydrogen-bond acceptors (Lipinski definition) is 3. The molecule has 1 aliphatic heterocycles. The second kappa shape index (κ2) is 3.30. The average Bonchev–Trinajstić information content (AvgIpc) is 1.85. The first-order chi connectivity index (χ1) is 5.18. The third-order valence-electron chi connectivity index (χ3n) is 0.946. The van der Waals surface area contributed by atoms with Crippen LogP contribution >= 0.6 is 12.2 Å². The minimum atomic E-state index is -0.391. The number of thiocarbonyl (C=S) groups is 1. The summed E-state index contributed by atoms with van der Waals surface area (Å²) in [4.78, 5) is 10.8. The van der Waals surface area contributed by atoms with Gasteiger partial charge in [0.05, 0.1) is 0 Å². The van der Waals surface area contributed by atoms with E-state index in [1.54, 1.807) is 18.2 Å². The zero-order valence-corrected chi connectivity index (χ0v) is 6.72. The SMILES string of the molecule is CC(=O)OC1=CC=CC(=S)[N]1. The number of rotatable bonds is 1. The van der Waals surface area contributed by atoms with Crippen LogP contribution in [0, 0.1) is 0 Å². The third-order valence-corrected chi connectivity index (χ3v) is 1.17. The van der Waals surface area contributed by atoms with Gasteiger partial charge in [-0.05, 0) is 6.08 Å².